The van der Waals surface area contributed by atoms with Gasteiger partial charge in [-0.25, -0.2) is 9.18 Å². The standard InChI is InChI=1S/C20H16FN3O4S/c1-28-20(27)13-6-12(9-23-19(26)17-10-22-11-29-17)7-14(8-13)24-18(25)15-4-2-3-5-16(15)21/h2-8,10-11H,9H2,1H3,(H,23,26)(H,24,25). The molecule has 0 saturated carbocycles. The predicted molar refractivity (Wildman–Crippen MR) is 105 cm³/mol. The number of ether oxygens (including phenoxy) is 1. The minimum Gasteiger partial charge on any atom is -0.465 e. The van der Waals surface area contributed by atoms with E-state index in [9.17, 15) is 18.8 Å². The molecule has 0 bridgehead atoms. The second-order valence-corrected chi connectivity index (χ2v) is 6.78. The predicted octanol–water partition coefficient (Wildman–Crippen LogP) is 3.25. The molecule has 2 N–H and O–H groups in total. The van der Waals surface area contributed by atoms with E-state index in [2.05, 4.69) is 15.6 Å². The molecular weight excluding hydrogens is 397 g/mol. The maximum atomic E-state index is 13.8. The summed E-state index contributed by atoms with van der Waals surface area (Å²) in [6.45, 7) is 0.101. The summed E-state index contributed by atoms with van der Waals surface area (Å²) in [4.78, 5) is 40.7. The maximum absolute atomic E-state index is 13.8. The summed E-state index contributed by atoms with van der Waals surface area (Å²) in [6, 6.07) is 10.1. The Labute approximate surface area is 169 Å². The van der Waals surface area contributed by atoms with Crippen LogP contribution in [0.25, 0.3) is 0 Å². The van der Waals surface area contributed by atoms with E-state index < -0.39 is 17.7 Å². The Morgan fingerprint density at radius 3 is 2.62 bits per heavy atom. The Morgan fingerprint density at radius 2 is 1.93 bits per heavy atom. The Hall–Kier alpha value is -3.59. The number of methoxy groups -OCH3 is 1. The number of nitrogens with one attached hydrogen (secondary N) is 2. The minimum atomic E-state index is -0.662. The number of amides is 2. The van der Waals surface area contributed by atoms with Crippen LogP contribution in [-0.2, 0) is 11.3 Å². The monoisotopic (exact) mass is 413 g/mol. The van der Waals surface area contributed by atoms with Gasteiger partial charge in [0.2, 0.25) is 0 Å². The number of nitrogens with zero attached hydrogens (tertiary/aromatic N) is 1. The van der Waals surface area contributed by atoms with Crippen LogP contribution in [0.2, 0.25) is 0 Å². The van der Waals surface area contributed by atoms with Crippen molar-refractivity contribution in [3.8, 4) is 0 Å². The van der Waals surface area contributed by atoms with E-state index in [4.69, 9.17) is 4.74 Å². The first-order valence-electron chi connectivity index (χ1n) is 8.43. The summed E-state index contributed by atoms with van der Waals surface area (Å²) < 4.78 is 18.6. The van der Waals surface area contributed by atoms with Crippen LogP contribution in [-0.4, -0.2) is 29.9 Å². The van der Waals surface area contributed by atoms with Gasteiger partial charge in [-0.3, -0.25) is 14.6 Å². The number of thiazole rings is 1. The van der Waals surface area contributed by atoms with Crippen LogP contribution in [0.4, 0.5) is 10.1 Å². The van der Waals surface area contributed by atoms with Gasteiger partial charge in [0.15, 0.2) is 0 Å². The molecule has 3 rings (SSSR count). The number of hydrogen-bond acceptors (Lipinski definition) is 6. The van der Waals surface area contributed by atoms with Crippen LogP contribution in [0, 0.1) is 5.82 Å². The molecule has 0 aliphatic carbocycles. The quantitative estimate of drug-likeness (QED) is 0.605. The number of aromatic nitrogens is 1. The Kier molecular flexibility index (Phi) is 6.30. The molecule has 3 aromatic rings. The van der Waals surface area contributed by atoms with Crippen molar-refractivity contribution in [1.29, 1.82) is 0 Å². The van der Waals surface area contributed by atoms with Gasteiger partial charge in [0, 0.05) is 12.2 Å². The van der Waals surface area contributed by atoms with E-state index in [1.54, 1.807) is 17.6 Å². The summed E-state index contributed by atoms with van der Waals surface area (Å²) in [5.74, 6) is -2.24. The lowest BCUT2D eigenvalue weighted by atomic mass is 10.1. The van der Waals surface area contributed by atoms with E-state index in [1.807, 2.05) is 0 Å². The second kappa shape index (κ2) is 9.07. The lowest BCUT2D eigenvalue weighted by Crippen LogP contribution is -2.22. The van der Waals surface area contributed by atoms with Crippen molar-refractivity contribution >= 4 is 34.8 Å². The average molecular weight is 413 g/mol. The van der Waals surface area contributed by atoms with Crippen molar-refractivity contribution in [2.45, 2.75) is 6.54 Å². The van der Waals surface area contributed by atoms with Crippen LogP contribution >= 0.6 is 11.3 Å². The van der Waals surface area contributed by atoms with Gasteiger partial charge in [-0.2, -0.15) is 0 Å². The number of rotatable bonds is 6. The van der Waals surface area contributed by atoms with Gasteiger partial charge in [-0.15, -0.1) is 11.3 Å². The van der Waals surface area contributed by atoms with Crippen LogP contribution in [0.3, 0.4) is 0 Å². The topological polar surface area (TPSA) is 97.4 Å². The molecule has 148 valence electrons. The van der Waals surface area contributed by atoms with Gasteiger partial charge < -0.3 is 15.4 Å². The lowest BCUT2D eigenvalue weighted by molar-refractivity contribution is 0.0600. The third-order valence-electron chi connectivity index (χ3n) is 3.90. The molecule has 0 aliphatic rings. The number of benzene rings is 2. The van der Waals surface area contributed by atoms with Crippen LogP contribution < -0.4 is 10.6 Å². The highest BCUT2D eigenvalue weighted by Gasteiger charge is 2.15. The molecule has 9 heteroatoms. The molecule has 0 fully saturated rings. The van der Waals surface area contributed by atoms with E-state index in [0.717, 1.165) is 0 Å². The molecule has 0 spiro atoms. The summed E-state index contributed by atoms with van der Waals surface area (Å²) in [5.41, 5.74) is 2.41. The smallest absolute Gasteiger partial charge is 0.337 e. The van der Waals surface area contributed by atoms with Crippen molar-refractivity contribution < 1.29 is 23.5 Å². The zero-order valence-corrected chi connectivity index (χ0v) is 16.1. The molecule has 7 nitrogen and oxygen atoms in total. The minimum absolute atomic E-state index is 0.101. The van der Waals surface area contributed by atoms with Gasteiger partial charge >= 0.3 is 5.97 Å². The zero-order valence-electron chi connectivity index (χ0n) is 15.3. The highest BCUT2D eigenvalue weighted by Crippen LogP contribution is 2.18. The maximum Gasteiger partial charge on any atom is 0.337 e. The van der Waals surface area contributed by atoms with Crippen molar-refractivity contribution in [3.05, 3.63) is 81.6 Å². The number of hydrogen-bond donors (Lipinski definition) is 2. The summed E-state index contributed by atoms with van der Waals surface area (Å²) >= 11 is 1.20. The molecule has 0 unspecified atom stereocenters. The van der Waals surface area contributed by atoms with Crippen LogP contribution in [0.15, 0.2) is 54.2 Å². The Balaban J connectivity index is 1.81. The first-order chi connectivity index (χ1) is 14.0. The van der Waals surface area contributed by atoms with Crippen molar-refractivity contribution in [2.24, 2.45) is 0 Å². The molecule has 2 amide bonds. The Bertz CT molecular complexity index is 1050. The summed E-state index contributed by atoms with van der Waals surface area (Å²) in [5, 5.41) is 5.28. The number of esters is 1. The number of carbonyl (C=O) groups excluding carboxylic acids is 3. The van der Waals surface area contributed by atoms with Crippen molar-refractivity contribution in [1.82, 2.24) is 10.3 Å². The van der Waals surface area contributed by atoms with Crippen molar-refractivity contribution in [3.63, 3.8) is 0 Å². The van der Waals surface area contributed by atoms with Crippen LogP contribution in [0.1, 0.15) is 36.0 Å². The second-order valence-electron chi connectivity index (χ2n) is 5.89. The molecule has 1 aromatic heterocycles. The van der Waals surface area contributed by atoms with E-state index in [0.29, 0.717) is 10.4 Å². The third-order valence-corrected chi connectivity index (χ3v) is 4.67. The molecule has 0 radical (unpaired) electrons. The SMILES string of the molecule is COC(=O)c1cc(CNC(=O)c2cncs2)cc(NC(=O)c2ccccc2F)c1. The highest BCUT2D eigenvalue weighted by atomic mass is 32.1. The fraction of sp³-hybridized carbons (Fsp3) is 0.100. The number of halogens is 1. The molecule has 2 aromatic carbocycles. The van der Waals surface area contributed by atoms with E-state index in [1.165, 1.54) is 55.0 Å². The first-order valence-corrected chi connectivity index (χ1v) is 9.30. The van der Waals surface area contributed by atoms with E-state index in [-0.39, 0.29) is 29.3 Å². The molecule has 0 aliphatic heterocycles. The van der Waals surface area contributed by atoms with Gasteiger partial charge in [-0.05, 0) is 35.9 Å². The van der Waals surface area contributed by atoms with Gasteiger partial charge in [0.1, 0.15) is 10.7 Å². The molecule has 1 heterocycles. The molecule has 29 heavy (non-hydrogen) atoms. The van der Waals surface area contributed by atoms with Crippen LogP contribution in [0.5, 0.6) is 0 Å². The summed E-state index contributed by atoms with van der Waals surface area (Å²) in [6.07, 6.45) is 1.45. The largest absolute Gasteiger partial charge is 0.465 e. The van der Waals surface area contributed by atoms with Gasteiger partial charge in [0.25, 0.3) is 11.8 Å². The van der Waals surface area contributed by atoms with Gasteiger partial charge in [-0.1, -0.05) is 12.1 Å². The fourth-order valence-electron chi connectivity index (χ4n) is 2.54. The summed E-state index contributed by atoms with van der Waals surface area (Å²) in [7, 11) is 1.23. The normalized spacial score (nSPS) is 10.3. The molecular formula is C20H16FN3O4S. The highest BCUT2D eigenvalue weighted by molar-refractivity contribution is 7.11. The van der Waals surface area contributed by atoms with Crippen molar-refractivity contribution in [2.75, 3.05) is 12.4 Å². The zero-order chi connectivity index (χ0) is 20.8. The number of anilines is 1. The van der Waals surface area contributed by atoms with E-state index >= 15 is 0 Å². The third kappa shape index (κ3) is 5.02. The Morgan fingerprint density at radius 1 is 1.14 bits per heavy atom. The first kappa shape index (κ1) is 20.2. The number of carbonyl (C=O) groups is 3. The average Bonchev–Trinajstić information content (AvgIpc) is 3.26. The fourth-order valence-corrected chi connectivity index (χ4v) is 3.08. The van der Waals surface area contributed by atoms with Gasteiger partial charge in [0.05, 0.1) is 29.9 Å². The molecule has 0 atom stereocenters. The molecule has 0 saturated heterocycles. The lowest BCUT2D eigenvalue weighted by Gasteiger charge is -2.11.